The number of anilines is 2. The van der Waals surface area contributed by atoms with Crippen LogP contribution in [0.1, 0.15) is 10.4 Å². The third kappa shape index (κ3) is 1.82. The monoisotopic (exact) mass is 206 g/mol. The number of hydrogen-bond acceptors (Lipinski definition) is 5. The van der Waals surface area contributed by atoms with Crippen molar-refractivity contribution in [1.29, 1.82) is 0 Å². The zero-order valence-electron chi connectivity index (χ0n) is 7.47. The molecule has 0 spiro atoms. The van der Waals surface area contributed by atoms with Crippen molar-refractivity contribution < 1.29 is 0 Å². The van der Waals surface area contributed by atoms with Gasteiger partial charge < -0.3 is 11.5 Å². The Hall–Kier alpha value is -1.62. The number of thiophene rings is 1. The first-order valence-corrected chi connectivity index (χ1v) is 5.03. The molecule has 0 saturated carbocycles. The molecule has 0 aliphatic heterocycles. The molecule has 0 bridgehead atoms. The van der Waals surface area contributed by atoms with E-state index in [1.807, 2.05) is 11.4 Å². The highest BCUT2D eigenvalue weighted by Crippen LogP contribution is 2.17. The van der Waals surface area contributed by atoms with Gasteiger partial charge in [0.05, 0.1) is 0 Å². The fraction of sp³-hybridized carbons (Fsp3) is 0.111. The molecule has 0 aliphatic carbocycles. The van der Waals surface area contributed by atoms with E-state index in [2.05, 4.69) is 16.0 Å². The summed E-state index contributed by atoms with van der Waals surface area (Å²) in [4.78, 5) is 9.06. The number of nitrogens with two attached hydrogens (primary N) is 2. The van der Waals surface area contributed by atoms with Crippen LogP contribution in [-0.4, -0.2) is 9.97 Å². The molecule has 0 unspecified atom stereocenters. The normalized spacial score (nSPS) is 10.3. The molecular formula is C9H10N4S. The van der Waals surface area contributed by atoms with Crippen LogP contribution in [0.2, 0.25) is 0 Å². The van der Waals surface area contributed by atoms with Crippen molar-refractivity contribution in [3.05, 3.63) is 34.2 Å². The molecule has 2 aromatic heterocycles. The van der Waals surface area contributed by atoms with Gasteiger partial charge in [0.25, 0.3) is 0 Å². The minimum atomic E-state index is 0.220. The number of nitrogens with zero attached hydrogens (tertiary/aromatic N) is 2. The van der Waals surface area contributed by atoms with Gasteiger partial charge in [0.2, 0.25) is 5.95 Å². The maximum Gasteiger partial charge on any atom is 0.221 e. The average molecular weight is 206 g/mol. The highest BCUT2D eigenvalue weighted by atomic mass is 32.1. The van der Waals surface area contributed by atoms with Crippen LogP contribution in [0.4, 0.5) is 11.8 Å². The maximum atomic E-state index is 5.71. The zero-order valence-corrected chi connectivity index (χ0v) is 8.29. The van der Waals surface area contributed by atoms with Crippen LogP contribution in [0.5, 0.6) is 0 Å². The van der Waals surface area contributed by atoms with E-state index in [4.69, 9.17) is 11.5 Å². The first-order valence-electron chi connectivity index (χ1n) is 4.15. The molecule has 0 fully saturated rings. The van der Waals surface area contributed by atoms with Gasteiger partial charge in [-0.3, -0.25) is 0 Å². The Bertz CT molecular complexity index is 424. The Labute approximate surface area is 85.6 Å². The van der Waals surface area contributed by atoms with Gasteiger partial charge in [-0.25, -0.2) is 4.98 Å². The predicted octanol–water partition coefficient (Wildman–Crippen LogP) is 1.29. The van der Waals surface area contributed by atoms with Gasteiger partial charge in [-0.05, 0) is 11.4 Å². The molecule has 0 radical (unpaired) electrons. The second kappa shape index (κ2) is 3.63. The van der Waals surface area contributed by atoms with E-state index < -0.39 is 0 Å². The van der Waals surface area contributed by atoms with E-state index in [9.17, 15) is 0 Å². The largest absolute Gasteiger partial charge is 0.383 e. The summed E-state index contributed by atoms with van der Waals surface area (Å²) >= 11 is 1.69. The smallest absolute Gasteiger partial charge is 0.221 e. The van der Waals surface area contributed by atoms with E-state index in [1.165, 1.54) is 4.88 Å². The molecule has 72 valence electrons. The van der Waals surface area contributed by atoms with E-state index >= 15 is 0 Å². The summed E-state index contributed by atoms with van der Waals surface area (Å²) in [5.74, 6) is 0.684. The van der Waals surface area contributed by atoms with E-state index in [1.54, 1.807) is 17.5 Å². The molecule has 5 heteroatoms. The van der Waals surface area contributed by atoms with Gasteiger partial charge in [0.1, 0.15) is 5.82 Å². The molecule has 2 rings (SSSR count). The molecule has 0 amide bonds. The lowest BCUT2D eigenvalue weighted by molar-refractivity contribution is 1.11. The highest BCUT2D eigenvalue weighted by Gasteiger charge is 2.03. The fourth-order valence-electron chi connectivity index (χ4n) is 1.17. The Kier molecular flexibility index (Phi) is 2.32. The number of nitrogen functional groups attached to an aromatic ring is 2. The third-order valence-corrected chi connectivity index (χ3v) is 2.74. The first kappa shape index (κ1) is 8.96. The lowest BCUT2D eigenvalue weighted by Crippen LogP contribution is -2.03. The topological polar surface area (TPSA) is 77.8 Å². The minimum Gasteiger partial charge on any atom is -0.383 e. The summed E-state index contributed by atoms with van der Waals surface area (Å²) in [5.41, 5.74) is 12.0. The standard InChI is InChI=1S/C9H10N4S/c10-8-6(5-12-9(11)13-8)4-7-2-1-3-14-7/h1-3,5H,4H2,(H4,10,11,12,13). The summed E-state index contributed by atoms with van der Waals surface area (Å²) in [6.45, 7) is 0. The van der Waals surface area contributed by atoms with Crippen molar-refractivity contribution in [3.63, 3.8) is 0 Å². The summed E-state index contributed by atoms with van der Waals surface area (Å²) in [5, 5.41) is 2.03. The van der Waals surface area contributed by atoms with Gasteiger partial charge in [-0.2, -0.15) is 4.98 Å². The molecule has 0 aromatic carbocycles. The summed E-state index contributed by atoms with van der Waals surface area (Å²) < 4.78 is 0. The Morgan fingerprint density at radius 1 is 1.36 bits per heavy atom. The Morgan fingerprint density at radius 3 is 2.86 bits per heavy atom. The third-order valence-electron chi connectivity index (χ3n) is 1.86. The first-order chi connectivity index (χ1) is 6.75. The molecule has 0 saturated heterocycles. The molecule has 0 atom stereocenters. The fourth-order valence-corrected chi connectivity index (χ4v) is 1.90. The van der Waals surface area contributed by atoms with Crippen molar-refractivity contribution in [2.45, 2.75) is 6.42 Å². The van der Waals surface area contributed by atoms with Gasteiger partial charge in [0.15, 0.2) is 0 Å². The number of rotatable bonds is 2. The molecular weight excluding hydrogens is 196 g/mol. The van der Waals surface area contributed by atoms with E-state index in [0.29, 0.717) is 5.82 Å². The van der Waals surface area contributed by atoms with Gasteiger partial charge in [-0.15, -0.1) is 11.3 Å². The highest BCUT2D eigenvalue weighted by molar-refractivity contribution is 7.09. The number of hydrogen-bond donors (Lipinski definition) is 2. The Balaban J connectivity index is 2.25. The summed E-state index contributed by atoms with van der Waals surface area (Å²) in [7, 11) is 0. The minimum absolute atomic E-state index is 0.220. The van der Waals surface area contributed by atoms with Crippen LogP contribution in [0.3, 0.4) is 0 Å². The van der Waals surface area contributed by atoms with Crippen molar-refractivity contribution in [2.24, 2.45) is 0 Å². The van der Waals surface area contributed by atoms with Crippen molar-refractivity contribution in [1.82, 2.24) is 9.97 Å². The predicted molar refractivity (Wildman–Crippen MR) is 58.0 cm³/mol. The van der Waals surface area contributed by atoms with Crippen LogP contribution >= 0.6 is 11.3 Å². The zero-order chi connectivity index (χ0) is 9.97. The second-order valence-corrected chi connectivity index (χ2v) is 3.93. The quantitative estimate of drug-likeness (QED) is 0.776. The van der Waals surface area contributed by atoms with Crippen molar-refractivity contribution in [3.8, 4) is 0 Å². The second-order valence-electron chi connectivity index (χ2n) is 2.89. The molecule has 4 N–H and O–H groups in total. The molecule has 4 nitrogen and oxygen atoms in total. The van der Waals surface area contributed by atoms with Crippen molar-refractivity contribution >= 4 is 23.1 Å². The summed E-state index contributed by atoms with van der Waals surface area (Å²) in [6, 6.07) is 4.06. The van der Waals surface area contributed by atoms with Crippen LogP contribution in [0.15, 0.2) is 23.7 Å². The SMILES string of the molecule is Nc1ncc(Cc2cccs2)c(N)n1. The average Bonchev–Trinajstić information content (AvgIpc) is 2.62. The van der Waals surface area contributed by atoms with Crippen LogP contribution in [0, 0.1) is 0 Å². The Morgan fingerprint density at radius 2 is 2.21 bits per heavy atom. The van der Waals surface area contributed by atoms with Gasteiger partial charge in [-0.1, -0.05) is 6.07 Å². The number of aromatic nitrogens is 2. The molecule has 14 heavy (non-hydrogen) atoms. The van der Waals surface area contributed by atoms with Crippen LogP contribution in [-0.2, 0) is 6.42 Å². The summed E-state index contributed by atoms with van der Waals surface area (Å²) in [6.07, 6.45) is 2.45. The lowest BCUT2D eigenvalue weighted by atomic mass is 10.2. The van der Waals surface area contributed by atoms with Crippen LogP contribution < -0.4 is 11.5 Å². The van der Waals surface area contributed by atoms with Gasteiger partial charge >= 0.3 is 0 Å². The van der Waals surface area contributed by atoms with E-state index in [0.717, 1.165) is 12.0 Å². The molecule has 2 aromatic rings. The van der Waals surface area contributed by atoms with E-state index in [-0.39, 0.29) is 5.95 Å². The molecule has 2 heterocycles. The van der Waals surface area contributed by atoms with Gasteiger partial charge in [0, 0.05) is 23.1 Å². The molecule has 0 aliphatic rings. The van der Waals surface area contributed by atoms with Crippen LogP contribution in [0.25, 0.3) is 0 Å². The maximum absolute atomic E-state index is 5.71. The van der Waals surface area contributed by atoms with Crippen molar-refractivity contribution in [2.75, 3.05) is 11.5 Å². The lowest BCUT2D eigenvalue weighted by Gasteiger charge is -2.02.